The summed E-state index contributed by atoms with van der Waals surface area (Å²) in [4.78, 5) is 6.82. The molecule has 0 heterocycles. The number of likely N-dealkylation sites (N-methyl/N-ethyl adjacent to an activating group) is 1. The second kappa shape index (κ2) is 10.2. The van der Waals surface area contributed by atoms with Crippen LogP contribution in [-0.2, 0) is 12.8 Å². The zero-order valence-corrected chi connectivity index (χ0v) is 17.8. The molecule has 5 heteroatoms. The van der Waals surface area contributed by atoms with Gasteiger partial charge in [-0.2, -0.15) is 0 Å². The van der Waals surface area contributed by atoms with E-state index in [1.807, 2.05) is 0 Å². The number of aryl methyl sites for hydroxylation is 1. The van der Waals surface area contributed by atoms with E-state index in [0.717, 1.165) is 25.1 Å². The van der Waals surface area contributed by atoms with E-state index < -0.39 is 0 Å². The average Bonchev–Trinajstić information content (AvgIpc) is 2.51. The van der Waals surface area contributed by atoms with Crippen molar-refractivity contribution in [2.24, 2.45) is 16.6 Å². The highest BCUT2D eigenvalue weighted by Crippen LogP contribution is 2.27. The molecule has 1 aromatic rings. The molecular formula is C19H33IN4. The molecule has 136 valence electrons. The molecule has 4 nitrogen and oxygen atoms in total. The Balaban J connectivity index is 0.00000288. The van der Waals surface area contributed by atoms with E-state index in [1.54, 1.807) is 0 Å². The van der Waals surface area contributed by atoms with E-state index in [2.05, 4.69) is 61.4 Å². The Hall–Kier alpha value is -0.820. The van der Waals surface area contributed by atoms with Gasteiger partial charge < -0.3 is 16.0 Å². The SMILES string of the molecule is CC(C)CC(CN=C(N)Nc1cccc2c1CCCC2)N(C)C.I. The number of nitrogens with zero attached hydrogens (tertiary/aromatic N) is 2. The van der Waals surface area contributed by atoms with Crippen molar-refractivity contribution in [3.05, 3.63) is 29.3 Å². The van der Waals surface area contributed by atoms with Crippen molar-refractivity contribution in [3.63, 3.8) is 0 Å². The van der Waals surface area contributed by atoms with Crippen molar-refractivity contribution in [2.45, 2.75) is 52.0 Å². The fourth-order valence-electron chi connectivity index (χ4n) is 3.27. The van der Waals surface area contributed by atoms with Gasteiger partial charge in [-0.3, -0.25) is 4.99 Å². The van der Waals surface area contributed by atoms with Gasteiger partial charge in [0.1, 0.15) is 0 Å². The standard InChI is InChI=1S/C19H32N4.HI/c1-14(2)12-16(23(3)4)13-21-19(20)22-18-11-7-9-15-8-5-6-10-17(15)18;/h7,9,11,14,16H,5-6,8,10,12-13H2,1-4H3,(H3,20,21,22);1H. The van der Waals surface area contributed by atoms with E-state index in [0.29, 0.717) is 17.9 Å². The van der Waals surface area contributed by atoms with E-state index in [9.17, 15) is 0 Å². The third-order valence-electron chi connectivity index (χ3n) is 4.60. The zero-order chi connectivity index (χ0) is 16.8. The Morgan fingerprint density at radius 3 is 2.62 bits per heavy atom. The number of aliphatic imine (C=N–C) groups is 1. The van der Waals surface area contributed by atoms with Crippen molar-refractivity contribution >= 4 is 35.6 Å². The summed E-state index contributed by atoms with van der Waals surface area (Å²) >= 11 is 0. The minimum atomic E-state index is 0. The Morgan fingerprint density at radius 2 is 1.96 bits per heavy atom. The predicted molar refractivity (Wildman–Crippen MR) is 116 cm³/mol. The lowest BCUT2D eigenvalue weighted by Crippen LogP contribution is -2.34. The van der Waals surface area contributed by atoms with E-state index >= 15 is 0 Å². The highest BCUT2D eigenvalue weighted by molar-refractivity contribution is 14.0. The molecule has 0 amide bonds. The van der Waals surface area contributed by atoms with Crippen LogP contribution in [0.3, 0.4) is 0 Å². The fraction of sp³-hybridized carbons (Fsp3) is 0.632. The number of anilines is 1. The molecule has 0 bridgehead atoms. The molecule has 24 heavy (non-hydrogen) atoms. The second-order valence-electron chi connectivity index (χ2n) is 7.25. The summed E-state index contributed by atoms with van der Waals surface area (Å²) in [7, 11) is 4.22. The third kappa shape index (κ3) is 6.24. The number of hydrogen-bond donors (Lipinski definition) is 2. The molecule has 3 N–H and O–H groups in total. The maximum absolute atomic E-state index is 6.14. The monoisotopic (exact) mass is 444 g/mol. The van der Waals surface area contributed by atoms with Crippen LogP contribution in [0.1, 0.15) is 44.2 Å². The highest BCUT2D eigenvalue weighted by atomic mass is 127. The lowest BCUT2D eigenvalue weighted by molar-refractivity contribution is 0.261. The van der Waals surface area contributed by atoms with Gasteiger partial charge in [0.25, 0.3) is 0 Å². The third-order valence-corrected chi connectivity index (χ3v) is 4.60. The molecular weight excluding hydrogens is 411 g/mol. The number of guanidine groups is 1. The maximum atomic E-state index is 6.14. The first-order chi connectivity index (χ1) is 11.0. The van der Waals surface area contributed by atoms with Crippen LogP contribution in [0.15, 0.2) is 23.2 Å². The molecule has 2 rings (SSSR count). The molecule has 1 unspecified atom stereocenters. The fourth-order valence-corrected chi connectivity index (χ4v) is 3.27. The van der Waals surface area contributed by atoms with Gasteiger partial charge in [-0.15, -0.1) is 24.0 Å². The number of hydrogen-bond acceptors (Lipinski definition) is 2. The van der Waals surface area contributed by atoms with Gasteiger partial charge in [0.15, 0.2) is 5.96 Å². The number of rotatable bonds is 6. The van der Waals surface area contributed by atoms with Crippen LogP contribution < -0.4 is 11.1 Å². The molecule has 1 aromatic carbocycles. The second-order valence-corrected chi connectivity index (χ2v) is 7.25. The minimum absolute atomic E-state index is 0. The molecule has 0 saturated heterocycles. The predicted octanol–water partition coefficient (Wildman–Crippen LogP) is 3.89. The summed E-state index contributed by atoms with van der Waals surface area (Å²) in [6.45, 7) is 5.23. The summed E-state index contributed by atoms with van der Waals surface area (Å²) in [5.74, 6) is 1.19. The lowest BCUT2D eigenvalue weighted by atomic mass is 9.90. The van der Waals surface area contributed by atoms with Gasteiger partial charge in [0, 0.05) is 11.7 Å². The smallest absolute Gasteiger partial charge is 0.193 e. The van der Waals surface area contributed by atoms with Gasteiger partial charge in [-0.25, -0.2) is 0 Å². The summed E-state index contributed by atoms with van der Waals surface area (Å²) in [6.07, 6.45) is 6.00. The highest BCUT2D eigenvalue weighted by Gasteiger charge is 2.15. The van der Waals surface area contributed by atoms with Crippen molar-refractivity contribution in [2.75, 3.05) is 26.0 Å². The molecule has 1 atom stereocenters. The molecule has 0 aromatic heterocycles. The maximum Gasteiger partial charge on any atom is 0.193 e. The van der Waals surface area contributed by atoms with E-state index in [1.165, 1.54) is 30.4 Å². The summed E-state index contributed by atoms with van der Waals surface area (Å²) in [5.41, 5.74) is 10.1. The van der Waals surface area contributed by atoms with Crippen molar-refractivity contribution in [1.29, 1.82) is 0 Å². The Kier molecular flexibility index (Phi) is 9.05. The first kappa shape index (κ1) is 21.2. The number of nitrogens with two attached hydrogens (primary N) is 1. The molecule has 0 aliphatic heterocycles. The molecule has 1 aliphatic carbocycles. The molecule has 0 saturated carbocycles. The normalized spacial score (nSPS) is 15.8. The van der Waals surface area contributed by atoms with Crippen LogP contribution in [0.2, 0.25) is 0 Å². The van der Waals surface area contributed by atoms with Gasteiger partial charge >= 0.3 is 0 Å². The van der Waals surface area contributed by atoms with Gasteiger partial charge in [-0.05, 0) is 69.3 Å². The van der Waals surface area contributed by atoms with Crippen LogP contribution in [0, 0.1) is 5.92 Å². The van der Waals surface area contributed by atoms with Crippen LogP contribution in [0.25, 0.3) is 0 Å². The molecule has 0 spiro atoms. The molecule has 0 fully saturated rings. The first-order valence-corrected chi connectivity index (χ1v) is 8.81. The largest absolute Gasteiger partial charge is 0.370 e. The van der Waals surface area contributed by atoms with Crippen LogP contribution in [-0.4, -0.2) is 37.5 Å². The number of benzene rings is 1. The van der Waals surface area contributed by atoms with Crippen LogP contribution in [0.5, 0.6) is 0 Å². The van der Waals surface area contributed by atoms with Crippen molar-refractivity contribution in [1.82, 2.24) is 4.90 Å². The van der Waals surface area contributed by atoms with Gasteiger partial charge in [0.2, 0.25) is 0 Å². The average molecular weight is 444 g/mol. The Morgan fingerprint density at radius 1 is 1.25 bits per heavy atom. The summed E-state index contributed by atoms with van der Waals surface area (Å²) < 4.78 is 0. The molecule has 1 aliphatic rings. The summed E-state index contributed by atoms with van der Waals surface area (Å²) in [6, 6.07) is 6.89. The van der Waals surface area contributed by atoms with E-state index in [4.69, 9.17) is 5.73 Å². The number of halogens is 1. The minimum Gasteiger partial charge on any atom is -0.370 e. The molecule has 0 radical (unpaired) electrons. The Bertz CT molecular complexity index is 540. The first-order valence-electron chi connectivity index (χ1n) is 8.81. The number of fused-ring (bicyclic) bond motifs is 1. The van der Waals surface area contributed by atoms with Crippen molar-refractivity contribution < 1.29 is 0 Å². The Labute approximate surface area is 164 Å². The quantitative estimate of drug-likeness (QED) is 0.398. The topological polar surface area (TPSA) is 53.6 Å². The van der Waals surface area contributed by atoms with Crippen molar-refractivity contribution in [3.8, 4) is 0 Å². The van der Waals surface area contributed by atoms with Crippen LogP contribution in [0.4, 0.5) is 5.69 Å². The number of nitrogens with one attached hydrogen (secondary N) is 1. The lowest BCUT2D eigenvalue weighted by Gasteiger charge is -2.24. The van der Waals surface area contributed by atoms with E-state index in [-0.39, 0.29) is 24.0 Å². The van der Waals surface area contributed by atoms with Crippen LogP contribution >= 0.6 is 24.0 Å². The summed E-state index contributed by atoms with van der Waals surface area (Å²) in [5, 5.41) is 3.33. The van der Waals surface area contributed by atoms with Gasteiger partial charge in [-0.1, -0.05) is 26.0 Å². The zero-order valence-electron chi connectivity index (χ0n) is 15.5. The van der Waals surface area contributed by atoms with Gasteiger partial charge in [0.05, 0.1) is 6.54 Å².